The van der Waals surface area contributed by atoms with Gasteiger partial charge in [0, 0.05) is 12.8 Å². The maximum atomic E-state index is 11.9. The quantitative estimate of drug-likeness (QED) is 0.262. The molecule has 0 aromatic rings. The van der Waals surface area contributed by atoms with Gasteiger partial charge in [-0.05, 0) is 168 Å². The van der Waals surface area contributed by atoms with Gasteiger partial charge in [-0.25, -0.2) is 0 Å². The molecule has 6 unspecified atom stereocenters. The first-order valence-corrected chi connectivity index (χ1v) is 19.6. The van der Waals surface area contributed by atoms with Gasteiger partial charge in [0.15, 0.2) is 11.6 Å². The lowest BCUT2D eigenvalue weighted by molar-refractivity contribution is -0.117. The molecular weight excluding hydrogens is 699 g/mol. The van der Waals surface area contributed by atoms with E-state index in [0.29, 0.717) is 22.4 Å². The average Bonchev–Trinajstić information content (AvgIpc) is 3.55. The molecule has 0 spiro atoms. The average molecular weight is 769 g/mol. The molecule has 8 rings (SSSR count). The minimum absolute atomic E-state index is 0. The van der Waals surface area contributed by atoms with Crippen molar-refractivity contribution in [3.05, 3.63) is 47.6 Å². The highest BCUT2D eigenvalue weighted by molar-refractivity contribution is 14.0. The van der Waals surface area contributed by atoms with Gasteiger partial charge in [0.25, 0.3) is 0 Å². The van der Waals surface area contributed by atoms with E-state index in [1.807, 2.05) is 12.2 Å². The molecular formula is C45H69IO2. The number of fused-ring (bicyclic) bond motifs is 10. The molecule has 268 valence electrons. The van der Waals surface area contributed by atoms with Gasteiger partial charge in [0.1, 0.15) is 0 Å². The largest absolute Gasteiger partial charge is 0.295 e. The van der Waals surface area contributed by atoms with E-state index in [-0.39, 0.29) is 42.2 Å². The van der Waals surface area contributed by atoms with Crippen molar-refractivity contribution in [3.8, 4) is 0 Å². The first kappa shape index (κ1) is 38.3. The Morgan fingerprint density at radius 2 is 0.938 bits per heavy atom. The molecule has 3 heteroatoms. The summed E-state index contributed by atoms with van der Waals surface area (Å²) in [4.78, 5) is 23.7. The molecule has 0 amide bonds. The van der Waals surface area contributed by atoms with E-state index < -0.39 is 0 Å². The van der Waals surface area contributed by atoms with E-state index >= 15 is 0 Å². The molecule has 0 radical (unpaired) electrons. The molecule has 0 N–H and O–H groups in total. The van der Waals surface area contributed by atoms with Crippen LogP contribution in [-0.2, 0) is 9.59 Å². The third kappa shape index (κ3) is 5.77. The summed E-state index contributed by atoms with van der Waals surface area (Å²) in [5.74, 6) is 8.83. The number of ketones is 2. The Balaban J connectivity index is 0.000000180. The van der Waals surface area contributed by atoms with Crippen molar-refractivity contribution in [2.75, 3.05) is 0 Å². The number of hydrogen-bond donors (Lipinski definition) is 0. The van der Waals surface area contributed by atoms with E-state index in [2.05, 4.69) is 79.7 Å². The van der Waals surface area contributed by atoms with Crippen LogP contribution >= 0.6 is 24.0 Å². The summed E-state index contributed by atoms with van der Waals surface area (Å²) < 4.78 is 0. The highest BCUT2D eigenvalue weighted by Gasteiger charge is 2.59. The van der Waals surface area contributed by atoms with Crippen molar-refractivity contribution in [1.29, 1.82) is 0 Å². The second kappa shape index (κ2) is 13.5. The van der Waals surface area contributed by atoms with Crippen LogP contribution in [0.5, 0.6) is 0 Å². The number of carbonyl (C=O) groups is 2. The van der Waals surface area contributed by atoms with Gasteiger partial charge < -0.3 is 0 Å². The van der Waals surface area contributed by atoms with Gasteiger partial charge in [-0.15, -0.1) is 24.0 Å². The lowest BCUT2D eigenvalue weighted by Crippen LogP contribution is -2.49. The van der Waals surface area contributed by atoms with Crippen LogP contribution in [0.15, 0.2) is 47.6 Å². The predicted octanol–water partition coefficient (Wildman–Crippen LogP) is 12.4. The van der Waals surface area contributed by atoms with Crippen LogP contribution in [0.4, 0.5) is 0 Å². The van der Waals surface area contributed by atoms with Gasteiger partial charge in [0.2, 0.25) is 0 Å². The Labute approximate surface area is 311 Å². The Kier molecular flexibility index (Phi) is 10.8. The Bertz CT molecular complexity index is 1280. The SMILES string of the molecule is C.CC(C)[C@H]1CCC2C3C=CC4=CC(=O)CC[C@]4(C)C3CC[C@@]21C.CC(C)[C@H]1CCC2C3C=CC4=CC(=O)CC[C@]4(C)C3CC[C@@]21C.I. The van der Waals surface area contributed by atoms with Crippen LogP contribution < -0.4 is 0 Å². The minimum atomic E-state index is 0. The summed E-state index contributed by atoms with van der Waals surface area (Å²) in [5, 5.41) is 0. The van der Waals surface area contributed by atoms with Gasteiger partial charge in [0.05, 0.1) is 0 Å². The predicted molar refractivity (Wildman–Crippen MR) is 212 cm³/mol. The number of allylic oxidation sites excluding steroid dienone is 8. The second-order valence-electron chi connectivity index (χ2n) is 19.2. The van der Waals surface area contributed by atoms with E-state index in [9.17, 15) is 9.59 Å². The van der Waals surface area contributed by atoms with E-state index in [1.54, 1.807) is 0 Å². The number of halogens is 1. The summed E-state index contributed by atoms with van der Waals surface area (Å²) in [5.41, 5.74) is 4.26. The topological polar surface area (TPSA) is 34.1 Å². The number of carbonyl (C=O) groups excluding carboxylic acids is 2. The lowest BCUT2D eigenvalue weighted by Gasteiger charge is -2.56. The second-order valence-corrected chi connectivity index (χ2v) is 19.2. The van der Waals surface area contributed by atoms with E-state index in [4.69, 9.17) is 0 Å². The van der Waals surface area contributed by atoms with Crippen molar-refractivity contribution in [2.45, 2.75) is 140 Å². The number of hydrogen-bond acceptors (Lipinski definition) is 2. The maximum absolute atomic E-state index is 11.9. The molecule has 0 aromatic heterocycles. The minimum Gasteiger partial charge on any atom is -0.295 e. The molecule has 4 saturated carbocycles. The van der Waals surface area contributed by atoms with E-state index in [1.165, 1.54) is 62.5 Å². The van der Waals surface area contributed by atoms with Crippen molar-refractivity contribution in [3.63, 3.8) is 0 Å². The normalized spacial score (nSPS) is 46.7. The zero-order valence-corrected chi connectivity index (χ0v) is 33.3. The molecule has 0 bridgehead atoms. The summed E-state index contributed by atoms with van der Waals surface area (Å²) in [6, 6.07) is 0. The lowest BCUT2D eigenvalue weighted by atomic mass is 9.48. The molecule has 8 aliphatic carbocycles. The highest BCUT2D eigenvalue weighted by Crippen LogP contribution is 2.67. The maximum Gasteiger partial charge on any atom is 0.156 e. The smallest absolute Gasteiger partial charge is 0.156 e. The highest BCUT2D eigenvalue weighted by atomic mass is 127. The first-order valence-electron chi connectivity index (χ1n) is 19.6. The monoisotopic (exact) mass is 768 g/mol. The Hall–Kier alpha value is -0.970. The van der Waals surface area contributed by atoms with Gasteiger partial charge >= 0.3 is 0 Å². The molecule has 0 aromatic carbocycles. The fraction of sp³-hybridized carbons (Fsp3) is 0.778. The molecule has 48 heavy (non-hydrogen) atoms. The van der Waals surface area contributed by atoms with Gasteiger partial charge in [-0.2, -0.15) is 0 Å². The molecule has 8 aliphatic rings. The van der Waals surface area contributed by atoms with Gasteiger partial charge in [-0.1, -0.05) is 87.1 Å². The summed E-state index contributed by atoms with van der Waals surface area (Å²) in [6.45, 7) is 19.8. The molecule has 2 nitrogen and oxygen atoms in total. The fourth-order valence-electron chi connectivity index (χ4n) is 14.3. The van der Waals surface area contributed by atoms with Crippen molar-refractivity contribution in [2.24, 2.45) is 80.8 Å². The summed E-state index contributed by atoms with van der Waals surface area (Å²) in [6.07, 6.45) is 28.4. The first-order chi connectivity index (χ1) is 21.7. The molecule has 0 aliphatic heterocycles. The van der Waals surface area contributed by atoms with Crippen LogP contribution in [0.2, 0.25) is 0 Å². The zero-order chi connectivity index (χ0) is 32.8. The summed E-state index contributed by atoms with van der Waals surface area (Å²) >= 11 is 0. The van der Waals surface area contributed by atoms with Crippen LogP contribution in [0.3, 0.4) is 0 Å². The molecule has 12 atom stereocenters. The standard InChI is InChI=1S/2C22H32O.CH4.HI/c2*1-14(2)18-7-8-19-17-6-5-15-13-16(23)9-11-21(15,3)20(17)10-12-22(18,19)4;;/h2*5-6,13-14,17-20H,7-12H2,1-4H3;1H4;1H/t2*17?,18-,19?,20?,21+,22-;;/m11../s1. The Morgan fingerprint density at radius 3 is 1.29 bits per heavy atom. The molecule has 0 saturated heterocycles. The fourth-order valence-corrected chi connectivity index (χ4v) is 14.3. The third-order valence-electron chi connectivity index (χ3n) is 16.8. The van der Waals surface area contributed by atoms with Crippen LogP contribution in [-0.4, -0.2) is 11.6 Å². The van der Waals surface area contributed by atoms with Crippen molar-refractivity contribution >= 4 is 35.5 Å². The third-order valence-corrected chi connectivity index (χ3v) is 16.8. The van der Waals surface area contributed by atoms with E-state index in [0.717, 1.165) is 84.9 Å². The zero-order valence-electron chi connectivity index (χ0n) is 30.9. The Morgan fingerprint density at radius 1 is 0.562 bits per heavy atom. The van der Waals surface area contributed by atoms with Crippen LogP contribution in [0.25, 0.3) is 0 Å². The van der Waals surface area contributed by atoms with Crippen LogP contribution in [0.1, 0.15) is 140 Å². The molecule has 0 heterocycles. The van der Waals surface area contributed by atoms with Crippen LogP contribution in [0, 0.1) is 80.8 Å². The van der Waals surface area contributed by atoms with Crippen molar-refractivity contribution < 1.29 is 9.59 Å². The van der Waals surface area contributed by atoms with Gasteiger partial charge in [-0.3, -0.25) is 9.59 Å². The van der Waals surface area contributed by atoms with Crippen molar-refractivity contribution in [1.82, 2.24) is 0 Å². The number of rotatable bonds is 2. The summed E-state index contributed by atoms with van der Waals surface area (Å²) in [7, 11) is 0. The molecule has 4 fully saturated rings.